The van der Waals surface area contributed by atoms with E-state index >= 15 is 13.2 Å². The lowest BCUT2D eigenvalue weighted by atomic mass is 9.58. The summed E-state index contributed by atoms with van der Waals surface area (Å²) in [5.74, 6) is -3.33. The fraction of sp³-hybridized carbons (Fsp3) is 0.352. The number of carbonyl (C=O) groups excluding carboxylic acids is 4. The van der Waals surface area contributed by atoms with Crippen LogP contribution in [0.15, 0.2) is 79.0 Å². The number of thiazole rings is 1. The number of benzene rings is 3. The van der Waals surface area contributed by atoms with E-state index in [1.54, 1.807) is 35.0 Å². The highest BCUT2D eigenvalue weighted by molar-refractivity contribution is 7.22. The zero-order valence-electron chi connectivity index (χ0n) is 41.3. The van der Waals surface area contributed by atoms with Crippen LogP contribution in [0.5, 0.6) is 11.5 Å². The number of aromatic carboxylic acids is 1. The monoisotopic (exact) mass is 1060 g/mol. The molecule has 2 saturated heterocycles. The third kappa shape index (κ3) is 9.66. The molecule has 3 fully saturated rings. The van der Waals surface area contributed by atoms with E-state index in [2.05, 4.69) is 40.9 Å². The summed E-state index contributed by atoms with van der Waals surface area (Å²) in [6, 6.07) is 19.5. The van der Waals surface area contributed by atoms with Crippen LogP contribution in [0.1, 0.15) is 87.8 Å². The number of alkyl halides is 3. The van der Waals surface area contributed by atoms with Gasteiger partial charge in [0.15, 0.2) is 16.6 Å². The van der Waals surface area contributed by atoms with Gasteiger partial charge in [-0.1, -0.05) is 35.6 Å². The number of pyridine rings is 2. The number of imide groups is 1. The molecule has 4 aromatic heterocycles. The number of nitrogens with one attached hydrogen (secondary N) is 3. The van der Waals surface area contributed by atoms with E-state index in [0.717, 1.165) is 41.5 Å². The number of halogens is 3. The third-order valence-corrected chi connectivity index (χ3v) is 16.1. The van der Waals surface area contributed by atoms with Crippen molar-refractivity contribution in [2.75, 3.05) is 55.4 Å². The van der Waals surface area contributed by atoms with Gasteiger partial charge in [-0.25, -0.2) is 14.8 Å². The first-order chi connectivity index (χ1) is 36.5. The van der Waals surface area contributed by atoms with Crippen LogP contribution >= 0.6 is 11.3 Å². The van der Waals surface area contributed by atoms with Gasteiger partial charge in [0, 0.05) is 54.8 Å². The number of fused-ring (bicyclic) bond motifs is 3. The van der Waals surface area contributed by atoms with Crippen LogP contribution in [-0.4, -0.2) is 104 Å². The van der Waals surface area contributed by atoms with E-state index in [9.17, 15) is 29.1 Å². The van der Waals surface area contributed by atoms with Gasteiger partial charge in [0.1, 0.15) is 28.3 Å². The van der Waals surface area contributed by atoms with E-state index < -0.39 is 46.9 Å². The Balaban J connectivity index is 0.717. The molecule has 4 aliphatic rings. The number of hydrogen-bond donors (Lipinski definition) is 4. The maximum atomic E-state index is 15.1. The van der Waals surface area contributed by atoms with Crippen molar-refractivity contribution in [1.29, 1.82) is 0 Å². The average molecular weight is 1060 g/mol. The molecule has 0 radical (unpaired) electrons. The normalized spacial score (nSPS) is 17.8. The fourth-order valence-electron chi connectivity index (χ4n) is 11.5. The molecule has 1 spiro atoms. The fourth-order valence-corrected chi connectivity index (χ4v) is 12.3. The van der Waals surface area contributed by atoms with Gasteiger partial charge in [-0.15, -0.1) is 0 Å². The number of anilines is 3. The van der Waals surface area contributed by atoms with Crippen molar-refractivity contribution in [2.45, 2.75) is 63.6 Å². The minimum Gasteiger partial charge on any atom is -0.493 e. The SMILES string of the molecule is COc1c(NC(=O)CN2CCC3(CC2)CC(COc2cccc(-c4ccc(N5CCc6ccnc(C(=O)Nc7nc8ccccc8s7)c6C5)nc4C(=O)O)c2C(F)(F)F)C3)ccc2c(C3CCC(=O)NC3=O)nn(C)c12. The summed E-state index contributed by atoms with van der Waals surface area (Å²) >= 11 is 1.33. The Morgan fingerprint density at radius 1 is 0.921 bits per heavy atom. The number of nitrogens with zero attached hydrogens (tertiary/aromatic N) is 7. The van der Waals surface area contributed by atoms with Crippen molar-refractivity contribution < 1.29 is 51.7 Å². The average Bonchev–Trinajstić information content (AvgIpc) is 3.97. The Labute approximate surface area is 436 Å². The largest absolute Gasteiger partial charge is 0.493 e. The molecule has 4 N–H and O–H groups in total. The quantitative estimate of drug-likeness (QED) is 0.0800. The van der Waals surface area contributed by atoms with Gasteiger partial charge in [0.2, 0.25) is 17.7 Å². The van der Waals surface area contributed by atoms with Crippen LogP contribution in [0.25, 0.3) is 32.2 Å². The number of likely N-dealkylation sites (tertiary alicyclic amines) is 1. The number of para-hydroxylation sites is 1. The Morgan fingerprint density at radius 2 is 1.72 bits per heavy atom. The van der Waals surface area contributed by atoms with Crippen LogP contribution < -0.4 is 30.3 Å². The van der Waals surface area contributed by atoms with E-state index in [-0.39, 0.29) is 71.9 Å². The second-order valence-corrected chi connectivity index (χ2v) is 21.0. The summed E-state index contributed by atoms with van der Waals surface area (Å²) in [7, 11) is 3.22. The number of methoxy groups -OCH3 is 1. The molecule has 76 heavy (non-hydrogen) atoms. The lowest BCUT2D eigenvalue weighted by molar-refractivity contribution is -0.139. The summed E-state index contributed by atoms with van der Waals surface area (Å²) in [4.78, 5) is 81.4. The molecule has 392 valence electrons. The second-order valence-electron chi connectivity index (χ2n) is 19.9. The van der Waals surface area contributed by atoms with Gasteiger partial charge in [-0.2, -0.15) is 18.3 Å². The molecular weight excluding hydrogens is 1010 g/mol. The van der Waals surface area contributed by atoms with Gasteiger partial charge >= 0.3 is 12.1 Å². The molecule has 18 nitrogen and oxygen atoms in total. The summed E-state index contributed by atoms with van der Waals surface area (Å²) in [5, 5.41) is 24.3. The summed E-state index contributed by atoms with van der Waals surface area (Å²) in [5.41, 5.74) is 1.72. The zero-order chi connectivity index (χ0) is 53.0. The number of carboxylic acids is 1. The molecule has 1 aliphatic carbocycles. The van der Waals surface area contributed by atoms with Crippen LogP contribution in [0.2, 0.25) is 0 Å². The summed E-state index contributed by atoms with van der Waals surface area (Å²) in [6.07, 6.45) is 0.772. The number of carbonyl (C=O) groups is 5. The van der Waals surface area contributed by atoms with Gasteiger partial charge in [-0.3, -0.25) is 44.4 Å². The first-order valence-corrected chi connectivity index (χ1v) is 25.7. The highest BCUT2D eigenvalue weighted by atomic mass is 32.1. The molecule has 3 aromatic carbocycles. The smallest absolute Gasteiger partial charge is 0.420 e. The number of piperidine rings is 2. The standard InChI is InChI=1S/C54H51F3N10O8S/c1-65-47-33(44(64-65)34-12-15-41(68)62-49(34)70)10-13-37(48(47)74-2)59-42(69)27-66-22-18-53(19-23-66)24-29(25-53)28-75-38-8-5-6-31(43(38)54(55,56)57)32-11-14-40(61-46(32)51(72)73)67-21-17-30-16-20-58-45(35(30)26-67)50(71)63-52-60-36-7-3-4-9-39(36)76-52/h3-11,13-14,16,20,29,34H,12,15,17-19,21-28H2,1-2H3,(H,59,69)(H,72,73)(H,60,63,71)(H,62,68,70). The zero-order valence-corrected chi connectivity index (χ0v) is 42.1. The molecular formula is C54H51F3N10O8S. The molecule has 4 amide bonds. The Kier molecular flexibility index (Phi) is 13.2. The van der Waals surface area contributed by atoms with Crippen molar-refractivity contribution in [3.8, 4) is 22.6 Å². The van der Waals surface area contributed by atoms with Crippen molar-refractivity contribution >= 4 is 78.7 Å². The maximum absolute atomic E-state index is 15.1. The molecule has 22 heteroatoms. The summed E-state index contributed by atoms with van der Waals surface area (Å²) < 4.78 is 59.6. The number of carboxylic acid groups (broad SMARTS) is 1. The Morgan fingerprint density at radius 3 is 2.47 bits per heavy atom. The van der Waals surface area contributed by atoms with Crippen molar-refractivity contribution in [3.05, 3.63) is 113 Å². The van der Waals surface area contributed by atoms with Crippen molar-refractivity contribution in [2.24, 2.45) is 18.4 Å². The van der Waals surface area contributed by atoms with E-state index in [1.807, 2.05) is 30.3 Å². The maximum Gasteiger partial charge on any atom is 0.420 e. The lowest BCUT2D eigenvalue weighted by Crippen LogP contribution is -2.49. The van der Waals surface area contributed by atoms with Crippen molar-refractivity contribution in [1.82, 2.24) is 34.9 Å². The first-order valence-electron chi connectivity index (χ1n) is 24.9. The molecule has 0 bridgehead atoms. The number of ether oxygens (including phenoxy) is 2. The van der Waals surface area contributed by atoms with Crippen LogP contribution in [0, 0.1) is 11.3 Å². The molecule has 7 aromatic rings. The summed E-state index contributed by atoms with van der Waals surface area (Å²) in [6.45, 7) is 2.02. The molecule has 1 saturated carbocycles. The molecule has 11 rings (SSSR count). The number of amides is 4. The van der Waals surface area contributed by atoms with Gasteiger partial charge in [0.05, 0.1) is 47.8 Å². The topological polar surface area (TPSA) is 223 Å². The van der Waals surface area contributed by atoms with Crippen LogP contribution in [-0.2, 0) is 40.6 Å². The molecule has 7 heterocycles. The van der Waals surface area contributed by atoms with Crippen molar-refractivity contribution in [3.63, 3.8) is 0 Å². The molecule has 1 atom stereocenters. The molecule has 1 unspecified atom stereocenters. The number of hydrogen-bond acceptors (Lipinski definition) is 14. The van der Waals surface area contributed by atoms with E-state index in [0.29, 0.717) is 71.2 Å². The minimum absolute atomic E-state index is 0.0102. The van der Waals surface area contributed by atoms with Crippen LogP contribution in [0.3, 0.4) is 0 Å². The highest BCUT2D eigenvalue weighted by Crippen LogP contribution is 2.53. The highest BCUT2D eigenvalue weighted by Gasteiger charge is 2.47. The third-order valence-electron chi connectivity index (χ3n) is 15.1. The number of aromatic nitrogens is 5. The Hall–Kier alpha value is -7.98. The molecule has 3 aliphatic heterocycles. The lowest BCUT2D eigenvalue weighted by Gasteiger charge is -2.52. The predicted molar refractivity (Wildman–Crippen MR) is 276 cm³/mol. The predicted octanol–water partition coefficient (Wildman–Crippen LogP) is 8.21. The van der Waals surface area contributed by atoms with Gasteiger partial charge < -0.3 is 24.8 Å². The van der Waals surface area contributed by atoms with Gasteiger partial charge in [-0.05, 0) is 117 Å². The van der Waals surface area contributed by atoms with Crippen LogP contribution in [0.4, 0.5) is 29.8 Å². The number of rotatable bonds is 13. The van der Waals surface area contributed by atoms with E-state index in [1.165, 1.54) is 48.8 Å². The van der Waals surface area contributed by atoms with Gasteiger partial charge in [0.25, 0.3) is 5.91 Å². The number of aryl methyl sites for hydroxylation is 1. The second kappa shape index (κ2) is 19.9. The minimum atomic E-state index is -4.91. The van der Waals surface area contributed by atoms with E-state index in [4.69, 9.17) is 9.47 Å². The Bertz CT molecular complexity index is 3460. The first kappa shape index (κ1) is 50.2.